The van der Waals surface area contributed by atoms with Gasteiger partial charge in [-0.05, 0) is 6.92 Å². The second-order valence-corrected chi connectivity index (χ2v) is 2.62. The van der Waals surface area contributed by atoms with Gasteiger partial charge in [-0.3, -0.25) is 5.01 Å². The number of nitrogens with zero attached hydrogens (tertiary/aromatic N) is 3. The van der Waals surface area contributed by atoms with E-state index in [-0.39, 0.29) is 5.92 Å². The molecule has 1 rings (SSSR count). The quantitative estimate of drug-likeness (QED) is 0.501. The lowest BCUT2D eigenvalue weighted by Gasteiger charge is -2.28. The Morgan fingerprint density at radius 1 is 1.90 bits per heavy atom. The van der Waals surface area contributed by atoms with Gasteiger partial charge in [0.15, 0.2) is 0 Å². The third-order valence-electron chi connectivity index (χ3n) is 1.85. The Labute approximate surface area is 59.9 Å². The van der Waals surface area contributed by atoms with Gasteiger partial charge in [0.25, 0.3) is 0 Å². The van der Waals surface area contributed by atoms with E-state index in [9.17, 15) is 0 Å². The molecule has 0 aromatic carbocycles. The Balaban J connectivity index is 2.85. The highest BCUT2D eigenvalue weighted by Crippen LogP contribution is 2.21. The molecule has 1 aliphatic heterocycles. The third kappa shape index (κ3) is 0.755. The van der Waals surface area contributed by atoms with Gasteiger partial charge in [-0.2, -0.15) is 10.4 Å². The summed E-state index contributed by atoms with van der Waals surface area (Å²) in [5.41, 5.74) is 5.12. The second kappa shape index (κ2) is 1.96. The van der Waals surface area contributed by atoms with Gasteiger partial charge in [0.05, 0.1) is 6.07 Å². The van der Waals surface area contributed by atoms with E-state index < -0.39 is 5.66 Å². The van der Waals surface area contributed by atoms with Crippen LogP contribution in [0.4, 0.5) is 0 Å². The average molecular weight is 138 g/mol. The lowest BCUT2D eigenvalue weighted by Crippen LogP contribution is -2.51. The first-order valence-electron chi connectivity index (χ1n) is 3.05. The summed E-state index contributed by atoms with van der Waals surface area (Å²) in [4.78, 5) is 0. The monoisotopic (exact) mass is 138 g/mol. The normalized spacial score (nSPS) is 38.2. The van der Waals surface area contributed by atoms with E-state index in [2.05, 4.69) is 11.2 Å². The van der Waals surface area contributed by atoms with E-state index in [4.69, 9.17) is 11.0 Å². The Bertz CT molecular complexity index is 200. The van der Waals surface area contributed by atoms with Crippen LogP contribution >= 0.6 is 0 Å². The topological polar surface area (TPSA) is 65.4 Å². The molecule has 2 unspecified atom stereocenters. The highest BCUT2D eigenvalue weighted by molar-refractivity contribution is 5.68. The Hall–Kier alpha value is -1.08. The van der Waals surface area contributed by atoms with Crippen molar-refractivity contribution in [2.45, 2.75) is 12.6 Å². The zero-order valence-corrected chi connectivity index (χ0v) is 6.07. The van der Waals surface area contributed by atoms with Crippen molar-refractivity contribution in [3.8, 4) is 6.07 Å². The lowest BCUT2D eigenvalue weighted by atomic mass is 9.99. The van der Waals surface area contributed by atoms with Crippen molar-refractivity contribution < 1.29 is 0 Å². The predicted molar refractivity (Wildman–Crippen MR) is 38.0 cm³/mol. The van der Waals surface area contributed by atoms with Crippen molar-refractivity contribution in [3.05, 3.63) is 0 Å². The summed E-state index contributed by atoms with van der Waals surface area (Å²) in [7, 11) is 1.76. The summed E-state index contributed by atoms with van der Waals surface area (Å²) in [5, 5.41) is 14.1. The molecule has 0 aromatic heterocycles. The molecule has 0 spiro atoms. The molecular weight excluding hydrogens is 128 g/mol. The standard InChI is InChI=1S/C6H10N4/c1-6(8)5(3-7)4-9-10(6)2/h4-5H,8H2,1-2H3. The first-order valence-corrected chi connectivity index (χ1v) is 3.05. The second-order valence-electron chi connectivity index (χ2n) is 2.62. The molecule has 2 atom stereocenters. The van der Waals surface area contributed by atoms with Gasteiger partial charge in [-0.15, -0.1) is 0 Å². The molecular formula is C6H10N4. The molecule has 0 amide bonds. The van der Waals surface area contributed by atoms with Gasteiger partial charge in [0.2, 0.25) is 0 Å². The Morgan fingerprint density at radius 3 is 2.70 bits per heavy atom. The minimum atomic E-state index is -0.630. The van der Waals surface area contributed by atoms with Crippen LogP contribution in [-0.4, -0.2) is 23.9 Å². The maximum Gasteiger partial charge on any atom is 0.123 e. The summed E-state index contributed by atoms with van der Waals surface area (Å²) in [5.74, 6) is -0.294. The van der Waals surface area contributed by atoms with Crippen LogP contribution in [0, 0.1) is 17.2 Å². The molecule has 0 bridgehead atoms. The molecule has 0 saturated heterocycles. The van der Waals surface area contributed by atoms with Crippen molar-refractivity contribution in [1.82, 2.24) is 5.01 Å². The van der Waals surface area contributed by atoms with Gasteiger partial charge in [-0.25, -0.2) is 0 Å². The van der Waals surface area contributed by atoms with Gasteiger partial charge in [0, 0.05) is 13.3 Å². The van der Waals surface area contributed by atoms with Crippen LogP contribution in [0.2, 0.25) is 0 Å². The largest absolute Gasteiger partial charge is 0.306 e. The molecule has 1 heterocycles. The number of hydrazone groups is 1. The molecule has 4 heteroatoms. The fourth-order valence-corrected chi connectivity index (χ4v) is 0.807. The zero-order chi connectivity index (χ0) is 7.78. The lowest BCUT2D eigenvalue weighted by molar-refractivity contribution is 0.158. The molecule has 2 N–H and O–H groups in total. The van der Waals surface area contributed by atoms with Gasteiger partial charge >= 0.3 is 0 Å². The fourth-order valence-electron chi connectivity index (χ4n) is 0.807. The number of rotatable bonds is 0. The van der Waals surface area contributed by atoms with Gasteiger partial charge in [0.1, 0.15) is 11.6 Å². The van der Waals surface area contributed by atoms with Crippen LogP contribution in [0.1, 0.15) is 6.92 Å². The Kier molecular flexibility index (Phi) is 1.38. The van der Waals surface area contributed by atoms with Crippen molar-refractivity contribution in [2.24, 2.45) is 16.8 Å². The highest BCUT2D eigenvalue weighted by Gasteiger charge is 2.37. The summed E-state index contributed by atoms with van der Waals surface area (Å²) in [6.07, 6.45) is 1.57. The molecule has 1 aliphatic rings. The summed E-state index contributed by atoms with van der Waals surface area (Å²) < 4.78 is 0. The highest BCUT2D eigenvalue weighted by atomic mass is 15.5. The maximum atomic E-state index is 8.57. The number of nitrogens with two attached hydrogens (primary N) is 1. The van der Waals surface area contributed by atoms with Crippen LogP contribution in [0.3, 0.4) is 0 Å². The van der Waals surface area contributed by atoms with Gasteiger partial charge < -0.3 is 5.73 Å². The van der Waals surface area contributed by atoms with E-state index >= 15 is 0 Å². The molecule has 0 saturated carbocycles. The molecule has 0 aromatic rings. The molecule has 4 nitrogen and oxygen atoms in total. The smallest absolute Gasteiger partial charge is 0.123 e. The van der Waals surface area contributed by atoms with Crippen LogP contribution in [0.25, 0.3) is 0 Å². The van der Waals surface area contributed by atoms with Crippen molar-refractivity contribution in [1.29, 1.82) is 5.26 Å². The van der Waals surface area contributed by atoms with Crippen LogP contribution in [-0.2, 0) is 0 Å². The number of hydrogen-bond donors (Lipinski definition) is 1. The van der Waals surface area contributed by atoms with E-state index in [1.54, 1.807) is 25.2 Å². The minimum Gasteiger partial charge on any atom is -0.306 e. The molecule has 0 radical (unpaired) electrons. The van der Waals surface area contributed by atoms with Crippen molar-refractivity contribution in [2.75, 3.05) is 7.05 Å². The Morgan fingerprint density at radius 2 is 2.50 bits per heavy atom. The minimum absolute atomic E-state index is 0.294. The van der Waals surface area contributed by atoms with E-state index in [1.165, 1.54) is 0 Å². The SMILES string of the molecule is CN1N=CC(C#N)C1(C)N. The summed E-state index contributed by atoms with van der Waals surface area (Å²) >= 11 is 0. The maximum absolute atomic E-state index is 8.57. The number of hydrogen-bond acceptors (Lipinski definition) is 4. The number of nitriles is 1. The summed E-state index contributed by atoms with van der Waals surface area (Å²) in [6, 6.07) is 2.07. The van der Waals surface area contributed by atoms with Crippen LogP contribution in [0.5, 0.6) is 0 Å². The van der Waals surface area contributed by atoms with E-state index in [0.29, 0.717) is 0 Å². The molecule has 0 fully saturated rings. The molecule has 0 aliphatic carbocycles. The van der Waals surface area contributed by atoms with Crippen molar-refractivity contribution in [3.63, 3.8) is 0 Å². The van der Waals surface area contributed by atoms with E-state index in [0.717, 1.165) is 0 Å². The molecule has 10 heavy (non-hydrogen) atoms. The van der Waals surface area contributed by atoms with Crippen LogP contribution < -0.4 is 5.73 Å². The third-order valence-corrected chi connectivity index (χ3v) is 1.85. The van der Waals surface area contributed by atoms with Crippen molar-refractivity contribution >= 4 is 6.21 Å². The first-order chi connectivity index (χ1) is 4.59. The van der Waals surface area contributed by atoms with Gasteiger partial charge in [-0.1, -0.05) is 0 Å². The van der Waals surface area contributed by atoms with E-state index in [1.807, 2.05) is 0 Å². The van der Waals surface area contributed by atoms with Crippen LogP contribution in [0.15, 0.2) is 5.10 Å². The zero-order valence-electron chi connectivity index (χ0n) is 6.07. The molecule has 54 valence electrons. The summed E-state index contributed by atoms with van der Waals surface area (Å²) in [6.45, 7) is 1.79. The average Bonchev–Trinajstić information content (AvgIpc) is 2.10. The first kappa shape index (κ1) is 7.03. The fraction of sp³-hybridized carbons (Fsp3) is 0.667. The predicted octanol–water partition coefficient (Wildman–Crippen LogP) is -0.268.